The molecular formula is C23H30FN6O4S-. The normalized spacial score (nSPS) is 21.7. The summed E-state index contributed by atoms with van der Waals surface area (Å²) in [7, 11) is -1.50. The minimum Gasteiger partial charge on any atom is -0.740 e. The quantitative estimate of drug-likeness (QED) is 0.604. The second kappa shape index (κ2) is 9.07. The lowest BCUT2D eigenvalue weighted by Crippen LogP contribution is -2.49. The van der Waals surface area contributed by atoms with E-state index in [1.165, 1.54) is 17.1 Å². The highest BCUT2D eigenvalue weighted by molar-refractivity contribution is 7.91. The van der Waals surface area contributed by atoms with Crippen LogP contribution in [0.5, 0.6) is 0 Å². The number of hydroxylamine groups is 1. The lowest BCUT2D eigenvalue weighted by molar-refractivity contribution is 0.243. The van der Waals surface area contributed by atoms with Crippen LogP contribution >= 0.6 is 0 Å². The fourth-order valence-corrected chi connectivity index (χ4v) is 6.76. The van der Waals surface area contributed by atoms with E-state index in [0.29, 0.717) is 5.69 Å². The van der Waals surface area contributed by atoms with Crippen LogP contribution in [-0.4, -0.2) is 65.9 Å². The van der Waals surface area contributed by atoms with E-state index in [0.717, 1.165) is 65.1 Å². The molecule has 5 rings (SSSR count). The summed E-state index contributed by atoms with van der Waals surface area (Å²) in [5.41, 5.74) is 5.04. The standard InChI is InChI=1S/C23H30FN6O4S/c1-27-12-17(24)10-18(27)14-29(19-11-25-28(2)13-19)35(33,34)30(32)23(31)26-22-20-7-3-5-15(20)9-16-6-4-8-21(16)22/h9,11,13,17-18H,3-8,10,12,14H2,1-2H3,(H,26,31)/q-1/t17-,18+/m1/s1. The number of rotatable bonds is 6. The first-order valence-electron chi connectivity index (χ1n) is 12.0. The molecule has 12 heteroatoms. The summed E-state index contributed by atoms with van der Waals surface area (Å²) in [5.74, 6) is 0. The van der Waals surface area contributed by atoms with Crippen molar-refractivity contribution in [1.82, 2.24) is 19.1 Å². The molecule has 0 bridgehead atoms. The highest BCUT2D eigenvalue weighted by Crippen LogP contribution is 2.39. The number of anilines is 2. The minimum atomic E-state index is -4.82. The van der Waals surface area contributed by atoms with Crippen molar-refractivity contribution in [3.05, 3.63) is 45.9 Å². The second-order valence-electron chi connectivity index (χ2n) is 9.73. The highest BCUT2D eigenvalue weighted by atomic mass is 32.2. The van der Waals surface area contributed by atoms with Gasteiger partial charge in [-0.15, -0.1) is 0 Å². The number of likely N-dealkylation sites (tertiary alicyclic amines) is 1. The van der Waals surface area contributed by atoms with Gasteiger partial charge in [-0.3, -0.25) is 14.1 Å². The van der Waals surface area contributed by atoms with Crippen LogP contribution in [0.1, 0.15) is 41.5 Å². The van der Waals surface area contributed by atoms with E-state index >= 15 is 0 Å². The van der Waals surface area contributed by atoms with Gasteiger partial charge in [-0.25, -0.2) is 13.5 Å². The number of hydrogen-bond donors (Lipinski definition) is 1. The summed E-state index contributed by atoms with van der Waals surface area (Å²) >= 11 is 0. The number of aryl methyl sites for hydroxylation is 3. The van der Waals surface area contributed by atoms with Crippen LogP contribution in [0.2, 0.25) is 0 Å². The van der Waals surface area contributed by atoms with Gasteiger partial charge >= 0.3 is 16.2 Å². The zero-order valence-corrected chi connectivity index (χ0v) is 20.7. The van der Waals surface area contributed by atoms with Crippen molar-refractivity contribution >= 4 is 27.6 Å². The Balaban J connectivity index is 1.43. The number of halogens is 1. The summed E-state index contributed by atoms with van der Waals surface area (Å²) in [4.78, 5) is 14.8. The highest BCUT2D eigenvalue weighted by Gasteiger charge is 2.37. The largest absolute Gasteiger partial charge is 0.740 e. The molecule has 0 saturated carbocycles. The van der Waals surface area contributed by atoms with E-state index in [2.05, 4.69) is 16.5 Å². The maximum absolute atomic E-state index is 14.0. The molecule has 1 saturated heterocycles. The molecule has 1 aliphatic heterocycles. The van der Waals surface area contributed by atoms with E-state index in [-0.39, 0.29) is 25.2 Å². The fraction of sp³-hybridized carbons (Fsp3) is 0.565. The van der Waals surface area contributed by atoms with Gasteiger partial charge < -0.3 is 10.5 Å². The smallest absolute Gasteiger partial charge is 0.326 e. The Bertz CT molecular complexity index is 1220. The van der Waals surface area contributed by atoms with Gasteiger partial charge in [0.2, 0.25) is 0 Å². The van der Waals surface area contributed by atoms with Gasteiger partial charge in [-0.2, -0.15) is 13.5 Å². The summed E-state index contributed by atoms with van der Waals surface area (Å²) in [6.45, 7) is 0.00446. The number of amides is 2. The predicted octanol–water partition coefficient (Wildman–Crippen LogP) is 2.52. The molecule has 0 unspecified atom stereocenters. The van der Waals surface area contributed by atoms with Crippen LogP contribution in [0.4, 0.5) is 20.6 Å². The van der Waals surface area contributed by atoms with Crippen LogP contribution < -0.4 is 9.62 Å². The average molecular weight is 506 g/mol. The van der Waals surface area contributed by atoms with Gasteiger partial charge in [-0.1, -0.05) is 6.07 Å². The Morgan fingerprint density at radius 3 is 2.40 bits per heavy atom. The first-order chi connectivity index (χ1) is 16.6. The van der Waals surface area contributed by atoms with Crippen LogP contribution in [0.25, 0.3) is 0 Å². The number of likely N-dealkylation sites (N-methyl/N-ethyl adjacent to an activating group) is 1. The monoisotopic (exact) mass is 505 g/mol. The van der Waals surface area contributed by atoms with Crippen LogP contribution in [0.15, 0.2) is 18.5 Å². The molecular weight excluding hydrogens is 475 g/mol. The van der Waals surface area contributed by atoms with Gasteiger partial charge in [0.1, 0.15) is 6.17 Å². The number of aromatic nitrogens is 2. The van der Waals surface area contributed by atoms with Gasteiger partial charge in [0, 0.05) is 31.5 Å². The lowest BCUT2D eigenvalue weighted by Gasteiger charge is -2.36. The number of carbonyl (C=O) groups excluding carboxylic acids is 1. The lowest BCUT2D eigenvalue weighted by atomic mass is 9.99. The molecule has 1 aromatic carbocycles. The third kappa shape index (κ3) is 4.38. The Labute approximate surface area is 204 Å². The van der Waals surface area contributed by atoms with E-state index in [1.807, 2.05) is 0 Å². The van der Waals surface area contributed by atoms with E-state index in [4.69, 9.17) is 0 Å². The molecule has 2 aromatic rings. The maximum Gasteiger partial charge on any atom is 0.326 e. The topological polar surface area (TPSA) is 114 Å². The van der Waals surface area contributed by atoms with Gasteiger partial charge in [-0.05, 0) is 74.2 Å². The number of hydrogen-bond acceptors (Lipinski definition) is 6. The van der Waals surface area contributed by atoms with Gasteiger partial charge in [0.15, 0.2) is 0 Å². The molecule has 0 radical (unpaired) electrons. The molecule has 10 nitrogen and oxygen atoms in total. The first kappa shape index (κ1) is 24.0. The Hall–Kier alpha value is -2.70. The summed E-state index contributed by atoms with van der Waals surface area (Å²) in [6, 6.07) is 0.486. The molecule has 1 aromatic heterocycles. The summed E-state index contributed by atoms with van der Waals surface area (Å²) in [6.07, 6.45) is 7.10. The van der Waals surface area contributed by atoms with Crippen LogP contribution in [-0.2, 0) is 42.9 Å². The Kier molecular flexibility index (Phi) is 6.22. The summed E-state index contributed by atoms with van der Waals surface area (Å²) in [5, 5.41) is 19.7. The van der Waals surface area contributed by atoms with E-state index in [1.54, 1.807) is 19.0 Å². The molecule has 1 fully saturated rings. The molecule has 2 amide bonds. The molecule has 3 aliphatic rings. The second-order valence-corrected chi connectivity index (χ2v) is 11.4. The van der Waals surface area contributed by atoms with Crippen molar-refractivity contribution in [2.45, 2.75) is 57.2 Å². The molecule has 0 spiro atoms. The molecule has 2 heterocycles. The Morgan fingerprint density at radius 1 is 1.20 bits per heavy atom. The number of urea groups is 1. The fourth-order valence-electron chi connectivity index (χ4n) is 5.60. The number of alkyl halides is 1. The van der Waals surface area contributed by atoms with Crippen molar-refractivity contribution in [2.75, 3.05) is 29.8 Å². The predicted molar refractivity (Wildman–Crippen MR) is 130 cm³/mol. The molecule has 35 heavy (non-hydrogen) atoms. The number of fused-ring (bicyclic) bond motifs is 2. The van der Waals surface area contributed by atoms with Gasteiger partial charge in [0.25, 0.3) is 0 Å². The summed E-state index contributed by atoms with van der Waals surface area (Å²) < 4.78 is 42.6. The zero-order valence-electron chi connectivity index (χ0n) is 19.9. The third-order valence-corrected chi connectivity index (χ3v) is 8.85. The van der Waals surface area contributed by atoms with Crippen LogP contribution in [0, 0.1) is 5.21 Å². The Morgan fingerprint density at radius 2 is 1.86 bits per heavy atom. The number of nitrogens with one attached hydrogen (secondary N) is 1. The zero-order chi connectivity index (χ0) is 24.9. The number of carbonyl (C=O) groups is 1. The molecule has 1 N–H and O–H groups in total. The average Bonchev–Trinajstić information content (AvgIpc) is 3.59. The van der Waals surface area contributed by atoms with Gasteiger partial charge in [0.05, 0.1) is 18.4 Å². The third-order valence-electron chi connectivity index (χ3n) is 7.35. The van der Waals surface area contributed by atoms with Crippen molar-refractivity contribution in [1.29, 1.82) is 0 Å². The van der Waals surface area contributed by atoms with Crippen molar-refractivity contribution < 1.29 is 17.6 Å². The van der Waals surface area contributed by atoms with E-state index < -0.39 is 32.9 Å². The maximum atomic E-state index is 14.0. The van der Waals surface area contributed by atoms with E-state index in [9.17, 15) is 22.8 Å². The molecule has 2 aliphatic carbocycles. The number of nitrogens with zero attached hydrogens (tertiary/aromatic N) is 5. The molecule has 2 atom stereocenters. The van der Waals surface area contributed by atoms with Crippen molar-refractivity contribution in [3.63, 3.8) is 0 Å². The number of benzene rings is 1. The SMILES string of the molecule is CN1C[C@H](F)C[C@H]1CN(c1cnn(C)c1)S(=O)(=O)N([O-])C(=O)Nc1c2c(cc3c1CCC3)CCC2. The molecule has 190 valence electrons. The van der Waals surface area contributed by atoms with Crippen LogP contribution in [0.3, 0.4) is 0 Å². The first-order valence-corrected chi connectivity index (χ1v) is 13.4. The van der Waals surface area contributed by atoms with Crippen molar-refractivity contribution in [2.24, 2.45) is 7.05 Å². The van der Waals surface area contributed by atoms with Crippen molar-refractivity contribution in [3.8, 4) is 0 Å². The minimum absolute atomic E-state index is 0.135.